The highest BCUT2D eigenvalue weighted by Crippen LogP contribution is 2.35. The first-order valence-corrected chi connectivity index (χ1v) is 7.56. The number of alkyl halides is 3. The van der Waals surface area contributed by atoms with Gasteiger partial charge in [0, 0.05) is 26.7 Å². The number of aryl methyl sites for hydroxylation is 1. The lowest BCUT2D eigenvalue weighted by Gasteiger charge is -2.26. The van der Waals surface area contributed by atoms with Crippen molar-refractivity contribution in [1.29, 1.82) is 0 Å². The molecule has 0 aromatic carbocycles. The average molecular weight is 355 g/mol. The zero-order chi connectivity index (χ0) is 17.0. The number of carbonyl (C=O) groups excluding carboxylic acids is 1. The summed E-state index contributed by atoms with van der Waals surface area (Å²) in [6, 6.07) is 0. The summed E-state index contributed by atoms with van der Waals surface area (Å²) < 4.78 is 44.2. The smallest absolute Gasteiger partial charge is 0.379 e. The Balaban J connectivity index is 1.87. The van der Waals surface area contributed by atoms with Crippen molar-refractivity contribution in [1.82, 2.24) is 20.0 Å². The number of amides is 1. The van der Waals surface area contributed by atoms with Crippen LogP contribution < -0.4 is 5.32 Å². The molecule has 0 aliphatic carbocycles. The largest absolute Gasteiger partial charge is 0.436 e. The Bertz CT molecular complexity index is 556. The molecule has 6 nitrogen and oxygen atoms in total. The van der Waals surface area contributed by atoms with Gasteiger partial charge in [0.15, 0.2) is 5.69 Å². The van der Waals surface area contributed by atoms with Gasteiger partial charge in [0.25, 0.3) is 5.91 Å². The van der Waals surface area contributed by atoms with Crippen molar-refractivity contribution >= 4 is 17.5 Å². The minimum atomic E-state index is -4.69. The van der Waals surface area contributed by atoms with E-state index in [0.717, 1.165) is 24.3 Å². The third kappa shape index (κ3) is 4.58. The number of nitrogens with one attached hydrogen (secondary N) is 1. The summed E-state index contributed by atoms with van der Waals surface area (Å²) in [5, 5.41) is 5.18. The van der Waals surface area contributed by atoms with E-state index >= 15 is 0 Å². The molecule has 1 aromatic heterocycles. The molecule has 1 aliphatic rings. The maximum absolute atomic E-state index is 12.7. The molecule has 1 fully saturated rings. The molecule has 0 spiro atoms. The molecular formula is C13H18ClF3N4O2. The number of hydrogen-bond acceptors (Lipinski definition) is 4. The molecule has 2 heterocycles. The first-order chi connectivity index (χ1) is 10.8. The molecule has 1 aromatic rings. The van der Waals surface area contributed by atoms with E-state index in [9.17, 15) is 18.0 Å². The first-order valence-electron chi connectivity index (χ1n) is 7.18. The molecule has 1 N–H and O–H groups in total. The Labute approximate surface area is 136 Å². The van der Waals surface area contributed by atoms with Crippen LogP contribution in [0, 0.1) is 0 Å². The van der Waals surface area contributed by atoms with Gasteiger partial charge in [-0.2, -0.15) is 18.3 Å². The van der Waals surface area contributed by atoms with E-state index in [1.165, 1.54) is 7.05 Å². The molecule has 0 unspecified atom stereocenters. The van der Waals surface area contributed by atoms with Gasteiger partial charge >= 0.3 is 6.18 Å². The predicted molar refractivity (Wildman–Crippen MR) is 77.4 cm³/mol. The number of ether oxygens (including phenoxy) is 1. The maximum Gasteiger partial charge on any atom is 0.436 e. The Kier molecular flexibility index (Phi) is 5.88. The third-order valence-corrected chi connectivity index (χ3v) is 3.87. The van der Waals surface area contributed by atoms with Crippen LogP contribution in [0.2, 0.25) is 5.02 Å². The highest BCUT2D eigenvalue weighted by molar-refractivity contribution is 6.34. The van der Waals surface area contributed by atoms with Crippen LogP contribution in [0.25, 0.3) is 0 Å². The lowest BCUT2D eigenvalue weighted by molar-refractivity contribution is -0.141. The predicted octanol–water partition coefficient (Wildman–Crippen LogP) is 1.54. The van der Waals surface area contributed by atoms with E-state index in [-0.39, 0.29) is 5.69 Å². The van der Waals surface area contributed by atoms with Crippen molar-refractivity contribution in [2.45, 2.75) is 12.6 Å². The minimum absolute atomic E-state index is 0.287. The summed E-state index contributed by atoms with van der Waals surface area (Å²) in [7, 11) is 1.25. The summed E-state index contributed by atoms with van der Waals surface area (Å²) in [6.45, 7) is 4.21. The van der Waals surface area contributed by atoms with E-state index in [2.05, 4.69) is 15.3 Å². The molecule has 130 valence electrons. The van der Waals surface area contributed by atoms with E-state index in [1.807, 2.05) is 0 Å². The number of nitrogens with zero attached hydrogens (tertiary/aromatic N) is 3. The maximum atomic E-state index is 12.7. The van der Waals surface area contributed by atoms with Gasteiger partial charge in [0.1, 0.15) is 10.7 Å². The van der Waals surface area contributed by atoms with Crippen LogP contribution in [0.3, 0.4) is 0 Å². The molecule has 0 radical (unpaired) electrons. The Morgan fingerprint density at radius 3 is 2.61 bits per heavy atom. The van der Waals surface area contributed by atoms with Crippen molar-refractivity contribution < 1.29 is 22.7 Å². The number of hydrogen-bond donors (Lipinski definition) is 1. The van der Waals surface area contributed by atoms with Crippen molar-refractivity contribution in [3.8, 4) is 0 Å². The number of rotatable bonds is 5. The second-order valence-electron chi connectivity index (χ2n) is 5.20. The standard InChI is InChI=1S/C13H18ClF3N4O2/c1-20-10(9(14)11(19-20)13(15,16)17)12(22)18-3-2-4-21-5-7-23-8-6-21/h2-8H2,1H3,(H,18,22). The molecule has 0 saturated carbocycles. The Morgan fingerprint density at radius 1 is 1.39 bits per heavy atom. The first kappa shape index (κ1) is 18.0. The molecular weight excluding hydrogens is 337 g/mol. The second kappa shape index (κ2) is 7.50. The van der Waals surface area contributed by atoms with Gasteiger partial charge in [-0.05, 0) is 13.0 Å². The lowest BCUT2D eigenvalue weighted by atomic mass is 10.3. The van der Waals surface area contributed by atoms with Gasteiger partial charge in [-0.3, -0.25) is 14.4 Å². The van der Waals surface area contributed by atoms with Gasteiger partial charge < -0.3 is 10.1 Å². The van der Waals surface area contributed by atoms with Crippen molar-refractivity contribution in [2.24, 2.45) is 7.05 Å². The summed E-state index contributed by atoms with van der Waals surface area (Å²) in [4.78, 5) is 14.2. The Hall–Kier alpha value is -1.32. The molecule has 10 heteroatoms. The molecule has 0 atom stereocenters. The van der Waals surface area contributed by atoms with E-state index < -0.39 is 22.8 Å². The van der Waals surface area contributed by atoms with Crippen molar-refractivity contribution in [3.05, 3.63) is 16.4 Å². The van der Waals surface area contributed by atoms with Crippen LogP contribution in [-0.4, -0.2) is 60.0 Å². The molecule has 2 rings (SSSR count). The van der Waals surface area contributed by atoms with Gasteiger partial charge in [-0.1, -0.05) is 11.6 Å². The summed E-state index contributed by atoms with van der Waals surface area (Å²) in [5.74, 6) is -0.664. The molecule has 1 saturated heterocycles. The number of aromatic nitrogens is 2. The van der Waals surface area contributed by atoms with Crippen LogP contribution in [0.1, 0.15) is 22.6 Å². The van der Waals surface area contributed by atoms with Gasteiger partial charge in [-0.25, -0.2) is 0 Å². The van der Waals surface area contributed by atoms with E-state index in [0.29, 0.717) is 26.2 Å². The number of halogens is 4. The van der Waals surface area contributed by atoms with Crippen LogP contribution in [0.5, 0.6) is 0 Å². The SMILES string of the molecule is Cn1nc(C(F)(F)F)c(Cl)c1C(=O)NCCCN1CCOCC1. The number of carbonyl (C=O) groups is 1. The summed E-state index contributed by atoms with van der Waals surface area (Å²) >= 11 is 5.66. The monoisotopic (exact) mass is 354 g/mol. The Morgan fingerprint density at radius 2 is 2.04 bits per heavy atom. The normalized spacial score (nSPS) is 16.6. The van der Waals surface area contributed by atoms with Crippen LogP contribution in [0.4, 0.5) is 13.2 Å². The molecule has 23 heavy (non-hydrogen) atoms. The second-order valence-corrected chi connectivity index (χ2v) is 5.57. The fraction of sp³-hybridized carbons (Fsp3) is 0.692. The fourth-order valence-corrected chi connectivity index (χ4v) is 2.69. The van der Waals surface area contributed by atoms with Crippen LogP contribution in [-0.2, 0) is 18.0 Å². The highest BCUT2D eigenvalue weighted by Gasteiger charge is 2.39. The minimum Gasteiger partial charge on any atom is -0.379 e. The summed E-state index contributed by atoms with van der Waals surface area (Å²) in [5.41, 5.74) is -1.54. The molecule has 0 bridgehead atoms. The third-order valence-electron chi connectivity index (χ3n) is 3.51. The van der Waals surface area contributed by atoms with E-state index in [4.69, 9.17) is 16.3 Å². The molecule has 1 amide bonds. The van der Waals surface area contributed by atoms with Crippen LogP contribution in [0.15, 0.2) is 0 Å². The fourth-order valence-electron chi connectivity index (χ4n) is 2.34. The zero-order valence-corrected chi connectivity index (χ0v) is 13.4. The quantitative estimate of drug-likeness (QED) is 0.815. The number of morpholine rings is 1. The topological polar surface area (TPSA) is 59.4 Å². The van der Waals surface area contributed by atoms with Gasteiger partial charge in [0.05, 0.1) is 13.2 Å². The van der Waals surface area contributed by atoms with Crippen LogP contribution >= 0.6 is 11.6 Å². The molecule has 1 aliphatic heterocycles. The zero-order valence-electron chi connectivity index (χ0n) is 12.6. The lowest BCUT2D eigenvalue weighted by Crippen LogP contribution is -2.38. The summed E-state index contributed by atoms with van der Waals surface area (Å²) in [6.07, 6.45) is -4.00. The van der Waals surface area contributed by atoms with Gasteiger partial charge in [0.2, 0.25) is 0 Å². The van der Waals surface area contributed by atoms with Crippen molar-refractivity contribution in [2.75, 3.05) is 39.4 Å². The van der Waals surface area contributed by atoms with Gasteiger partial charge in [-0.15, -0.1) is 0 Å². The average Bonchev–Trinajstić information content (AvgIpc) is 2.79. The van der Waals surface area contributed by atoms with Crippen molar-refractivity contribution in [3.63, 3.8) is 0 Å². The van der Waals surface area contributed by atoms with E-state index in [1.54, 1.807) is 0 Å². The highest BCUT2D eigenvalue weighted by atomic mass is 35.5.